The van der Waals surface area contributed by atoms with Gasteiger partial charge < -0.3 is 14.0 Å². The second-order valence-electron chi connectivity index (χ2n) is 5.59. The first-order chi connectivity index (χ1) is 11.3. The highest BCUT2D eigenvalue weighted by molar-refractivity contribution is 5.92. The number of amides is 1. The van der Waals surface area contributed by atoms with Crippen molar-refractivity contribution < 1.29 is 4.79 Å². The van der Waals surface area contributed by atoms with Crippen molar-refractivity contribution in [3.8, 4) is 0 Å². The zero-order valence-corrected chi connectivity index (χ0v) is 12.6. The number of carbonyl (C=O) groups is 1. The number of aromatic amines is 1. The van der Waals surface area contributed by atoms with Gasteiger partial charge in [0.1, 0.15) is 5.69 Å². The fourth-order valence-corrected chi connectivity index (χ4v) is 2.89. The van der Waals surface area contributed by atoms with E-state index in [1.807, 2.05) is 24.5 Å². The zero-order chi connectivity index (χ0) is 15.6. The van der Waals surface area contributed by atoms with Crippen molar-refractivity contribution in [3.05, 3.63) is 54.1 Å². The first kappa shape index (κ1) is 13.7. The summed E-state index contributed by atoms with van der Waals surface area (Å²) in [5.74, 6) is 1.70. The van der Waals surface area contributed by atoms with Crippen molar-refractivity contribution in [2.75, 3.05) is 6.54 Å². The Labute approximate surface area is 132 Å². The van der Waals surface area contributed by atoms with Crippen molar-refractivity contribution in [2.24, 2.45) is 0 Å². The monoisotopic (exact) mass is 311 g/mol. The number of fused-ring (bicyclic) bond motifs is 1. The van der Waals surface area contributed by atoms with E-state index in [4.69, 9.17) is 0 Å². The molecule has 0 unspecified atom stereocenters. The summed E-state index contributed by atoms with van der Waals surface area (Å²) in [5, 5.41) is 15.2. The molecule has 1 aliphatic rings. The van der Waals surface area contributed by atoms with Gasteiger partial charge in [0.2, 0.25) is 0 Å². The summed E-state index contributed by atoms with van der Waals surface area (Å²) >= 11 is 0. The molecule has 1 N–H and O–H groups in total. The van der Waals surface area contributed by atoms with E-state index in [2.05, 4.69) is 29.5 Å². The highest BCUT2D eigenvalue weighted by Gasteiger charge is 2.24. The van der Waals surface area contributed by atoms with Gasteiger partial charge in [-0.1, -0.05) is 0 Å². The Morgan fingerprint density at radius 1 is 1.22 bits per heavy atom. The van der Waals surface area contributed by atoms with Crippen LogP contribution in [0.5, 0.6) is 0 Å². The van der Waals surface area contributed by atoms with E-state index in [1.54, 1.807) is 17.2 Å². The minimum absolute atomic E-state index is 0.0501. The Bertz CT molecular complexity index is 788. The molecule has 0 bridgehead atoms. The Balaban J connectivity index is 1.56. The number of carbonyl (C=O) groups excluding carboxylic acids is 1. The van der Waals surface area contributed by atoms with Crippen LogP contribution in [0.2, 0.25) is 0 Å². The molecule has 0 aliphatic carbocycles. The molecular weight excluding hydrogens is 294 g/mol. The van der Waals surface area contributed by atoms with E-state index < -0.39 is 0 Å². The van der Waals surface area contributed by atoms with E-state index in [9.17, 15) is 4.79 Å². The smallest absolute Gasteiger partial charge is 0.272 e. The lowest BCUT2D eigenvalue weighted by molar-refractivity contribution is 0.0737. The summed E-state index contributed by atoms with van der Waals surface area (Å²) in [6, 6.07) is 5.67. The molecule has 4 heterocycles. The zero-order valence-electron chi connectivity index (χ0n) is 12.6. The topological polar surface area (TPSA) is 84.6 Å². The van der Waals surface area contributed by atoms with Gasteiger partial charge in [0.25, 0.3) is 5.91 Å². The van der Waals surface area contributed by atoms with Gasteiger partial charge in [-0.25, -0.2) is 0 Å². The van der Waals surface area contributed by atoms with Crippen molar-refractivity contribution in [1.29, 1.82) is 0 Å². The number of H-pyrrole nitrogens is 1. The van der Waals surface area contributed by atoms with Crippen LogP contribution in [0.3, 0.4) is 0 Å². The minimum Gasteiger partial charge on any atom is -0.347 e. The lowest BCUT2D eigenvalue weighted by Gasteiger charge is -2.18. The Morgan fingerprint density at radius 2 is 2.09 bits per heavy atom. The summed E-state index contributed by atoms with van der Waals surface area (Å²) in [4.78, 5) is 14.3. The highest BCUT2D eigenvalue weighted by atomic mass is 16.2. The van der Waals surface area contributed by atoms with Crippen LogP contribution in [0.25, 0.3) is 0 Å². The number of rotatable bonds is 3. The molecule has 1 amide bonds. The van der Waals surface area contributed by atoms with Gasteiger partial charge in [0.15, 0.2) is 11.6 Å². The summed E-state index contributed by atoms with van der Waals surface area (Å²) in [6.07, 6.45) is 6.48. The quantitative estimate of drug-likeness (QED) is 0.779. The third-order valence-electron chi connectivity index (χ3n) is 4.05. The molecule has 118 valence electrons. The van der Waals surface area contributed by atoms with Crippen LogP contribution in [0.1, 0.15) is 28.6 Å². The maximum absolute atomic E-state index is 12.5. The lowest BCUT2D eigenvalue weighted by atomic mass is 10.3. The van der Waals surface area contributed by atoms with Gasteiger partial charge in [-0.15, -0.1) is 10.2 Å². The third kappa shape index (κ3) is 2.63. The lowest BCUT2D eigenvalue weighted by Crippen LogP contribution is -2.31. The van der Waals surface area contributed by atoms with Gasteiger partial charge >= 0.3 is 0 Å². The van der Waals surface area contributed by atoms with Crippen LogP contribution in [0, 0.1) is 0 Å². The van der Waals surface area contributed by atoms with Crippen molar-refractivity contribution in [1.82, 2.24) is 34.4 Å². The number of nitrogens with zero attached hydrogens (tertiary/aromatic N) is 6. The Kier molecular flexibility index (Phi) is 3.41. The molecule has 1 aliphatic heterocycles. The highest BCUT2D eigenvalue weighted by Crippen LogP contribution is 2.15. The molecule has 8 heteroatoms. The molecule has 0 fully saturated rings. The fraction of sp³-hybridized carbons (Fsp3) is 0.333. The SMILES string of the molecule is O=C(c1ccn[nH]1)N1CCCn2c(nnc2Cn2cccc2)C1. The van der Waals surface area contributed by atoms with Crippen LogP contribution >= 0.6 is 0 Å². The summed E-state index contributed by atoms with van der Waals surface area (Å²) in [5.41, 5.74) is 0.505. The predicted molar refractivity (Wildman–Crippen MR) is 81.5 cm³/mol. The maximum atomic E-state index is 12.5. The number of hydrogen-bond acceptors (Lipinski definition) is 4. The molecule has 3 aromatic rings. The van der Waals surface area contributed by atoms with Crippen molar-refractivity contribution >= 4 is 5.91 Å². The largest absolute Gasteiger partial charge is 0.347 e. The molecule has 4 rings (SSSR count). The van der Waals surface area contributed by atoms with Gasteiger partial charge in [-0.2, -0.15) is 5.10 Å². The summed E-state index contributed by atoms with van der Waals surface area (Å²) < 4.78 is 4.19. The van der Waals surface area contributed by atoms with Crippen LogP contribution < -0.4 is 0 Å². The van der Waals surface area contributed by atoms with Gasteiger partial charge in [0, 0.05) is 31.7 Å². The predicted octanol–water partition coefficient (Wildman–Crippen LogP) is 0.897. The van der Waals surface area contributed by atoms with Crippen LogP contribution in [0.15, 0.2) is 36.8 Å². The minimum atomic E-state index is -0.0501. The number of aromatic nitrogens is 6. The van der Waals surface area contributed by atoms with Crippen LogP contribution in [-0.2, 0) is 19.6 Å². The standard InChI is InChI=1S/C15H17N7O/c23-15(12-4-5-16-17-12)21-8-3-9-22-13(18-19-14(22)11-21)10-20-6-1-2-7-20/h1-2,4-7H,3,8-11H2,(H,16,17). The van der Waals surface area contributed by atoms with Crippen LogP contribution in [-0.4, -0.2) is 46.9 Å². The van der Waals surface area contributed by atoms with Gasteiger partial charge in [-0.05, 0) is 24.6 Å². The van der Waals surface area contributed by atoms with Gasteiger partial charge in [0.05, 0.1) is 13.1 Å². The average molecular weight is 311 g/mol. The number of hydrogen-bond donors (Lipinski definition) is 1. The average Bonchev–Trinajstić information content (AvgIpc) is 3.29. The molecule has 0 aromatic carbocycles. The fourth-order valence-electron chi connectivity index (χ4n) is 2.89. The van der Waals surface area contributed by atoms with E-state index in [0.29, 0.717) is 25.3 Å². The second kappa shape index (κ2) is 5.71. The molecule has 0 radical (unpaired) electrons. The molecular formula is C15H17N7O. The van der Waals surface area contributed by atoms with E-state index >= 15 is 0 Å². The molecule has 23 heavy (non-hydrogen) atoms. The van der Waals surface area contributed by atoms with E-state index in [-0.39, 0.29) is 5.91 Å². The molecule has 8 nitrogen and oxygen atoms in total. The van der Waals surface area contributed by atoms with Gasteiger partial charge in [-0.3, -0.25) is 9.89 Å². The van der Waals surface area contributed by atoms with E-state index in [0.717, 1.165) is 24.6 Å². The third-order valence-corrected chi connectivity index (χ3v) is 4.05. The molecule has 0 atom stereocenters. The normalized spacial score (nSPS) is 14.5. The maximum Gasteiger partial charge on any atom is 0.272 e. The van der Waals surface area contributed by atoms with Crippen LogP contribution in [0.4, 0.5) is 0 Å². The Morgan fingerprint density at radius 3 is 2.87 bits per heavy atom. The summed E-state index contributed by atoms with van der Waals surface area (Å²) in [6.45, 7) is 2.68. The van der Waals surface area contributed by atoms with Crippen molar-refractivity contribution in [3.63, 3.8) is 0 Å². The van der Waals surface area contributed by atoms with E-state index in [1.165, 1.54) is 0 Å². The molecule has 0 spiro atoms. The first-order valence-electron chi connectivity index (χ1n) is 7.61. The number of nitrogens with one attached hydrogen (secondary N) is 1. The molecule has 0 saturated carbocycles. The Hall–Kier alpha value is -2.90. The molecule has 3 aromatic heterocycles. The molecule has 0 saturated heterocycles. The van der Waals surface area contributed by atoms with Crippen molar-refractivity contribution in [2.45, 2.75) is 26.1 Å². The summed E-state index contributed by atoms with van der Waals surface area (Å²) in [7, 11) is 0. The first-order valence-corrected chi connectivity index (χ1v) is 7.61. The second-order valence-corrected chi connectivity index (χ2v) is 5.59.